The topological polar surface area (TPSA) is 42.1 Å². The van der Waals surface area contributed by atoms with Crippen LogP contribution < -0.4 is 10.6 Å². The average molecular weight is 273 g/mol. The summed E-state index contributed by atoms with van der Waals surface area (Å²) in [4.78, 5) is 6.68. The number of nitrogen functional groups attached to an aromatic ring is 1. The molecular weight excluding hydrogens is 254 g/mol. The van der Waals surface area contributed by atoms with Gasteiger partial charge in [0.15, 0.2) is 0 Å². The third-order valence-corrected chi connectivity index (χ3v) is 5.14. The minimum atomic E-state index is 0.739. The highest BCUT2D eigenvalue weighted by molar-refractivity contribution is 8.00. The smallest absolute Gasteiger partial charge is 0.0449 e. The van der Waals surface area contributed by atoms with E-state index in [0.29, 0.717) is 0 Å². The summed E-state index contributed by atoms with van der Waals surface area (Å²) in [5.41, 5.74) is 8.15. The molecule has 0 aliphatic carbocycles. The number of nitrogens with two attached hydrogens (primary N) is 1. The Kier molecular flexibility index (Phi) is 3.51. The van der Waals surface area contributed by atoms with Crippen LogP contribution in [0.2, 0.25) is 0 Å². The summed E-state index contributed by atoms with van der Waals surface area (Å²) in [5, 5.41) is 3.02. The number of nitrogens with zero attached hydrogens (tertiary/aromatic N) is 2. The van der Waals surface area contributed by atoms with Crippen molar-refractivity contribution >= 4 is 33.9 Å². The van der Waals surface area contributed by atoms with E-state index in [-0.39, 0.29) is 0 Å². The van der Waals surface area contributed by atoms with E-state index < -0.39 is 0 Å². The van der Waals surface area contributed by atoms with Crippen LogP contribution in [-0.4, -0.2) is 29.1 Å². The zero-order valence-electron chi connectivity index (χ0n) is 11.2. The van der Waals surface area contributed by atoms with Crippen molar-refractivity contribution in [2.24, 2.45) is 0 Å². The molecule has 2 heterocycles. The van der Waals surface area contributed by atoms with Crippen LogP contribution >= 0.6 is 11.8 Å². The summed E-state index contributed by atoms with van der Waals surface area (Å²) in [7, 11) is 0. The van der Waals surface area contributed by atoms with E-state index in [4.69, 9.17) is 5.73 Å². The molecule has 0 amide bonds. The van der Waals surface area contributed by atoms with Crippen LogP contribution in [0.4, 0.5) is 11.4 Å². The van der Waals surface area contributed by atoms with Gasteiger partial charge in [0, 0.05) is 58.6 Å². The molecule has 0 saturated carbocycles. The zero-order valence-corrected chi connectivity index (χ0v) is 12.0. The van der Waals surface area contributed by atoms with Gasteiger partial charge in [-0.3, -0.25) is 4.98 Å². The minimum absolute atomic E-state index is 0.739. The molecule has 3 rings (SSSR count). The lowest BCUT2D eigenvalue weighted by Gasteiger charge is -2.34. The third kappa shape index (κ3) is 2.37. The number of pyridine rings is 1. The van der Waals surface area contributed by atoms with Crippen molar-refractivity contribution in [1.29, 1.82) is 0 Å². The molecule has 0 spiro atoms. The fraction of sp³-hybridized carbons (Fsp3) is 0.400. The molecule has 2 aromatic rings. The summed E-state index contributed by atoms with van der Waals surface area (Å²) in [6, 6.07) is 6.23. The number of anilines is 2. The summed E-state index contributed by atoms with van der Waals surface area (Å²) < 4.78 is 0. The molecule has 1 aromatic heterocycles. The summed E-state index contributed by atoms with van der Waals surface area (Å²) in [6.07, 6.45) is 4.95. The van der Waals surface area contributed by atoms with E-state index >= 15 is 0 Å². The Balaban J connectivity index is 2.03. The van der Waals surface area contributed by atoms with Crippen LogP contribution in [0.25, 0.3) is 10.8 Å². The Morgan fingerprint density at radius 1 is 1.37 bits per heavy atom. The highest BCUT2D eigenvalue weighted by atomic mass is 32.2. The number of hydrogen-bond donors (Lipinski definition) is 1. The number of aromatic nitrogens is 1. The number of rotatable bonds is 2. The molecule has 2 N–H and O–H groups in total. The molecule has 1 aromatic carbocycles. The number of hydrogen-bond acceptors (Lipinski definition) is 4. The fourth-order valence-corrected chi connectivity index (χ4v) is 3.84. The van der Waals surface area contributed by atoms with Crippen LogP contribution in [0.1, 0.15) is 13.3 Å². The maximum Gasteiger partial charge on any atom is 0.0449 e. The summed E-state index contributed by atoms with van der Waals surface area (Å²) in [6.45, 7) is 4.51. The second-order valence-electron chi connectivity index (χ2n) is 4.94. The number of fused-ring (bicyclic) bond motifs is 1. The van der Waals surface area contributed by atoms with Gasteiger partial charge in [0.2, 0.25) is 0 Å². The van der Waals surface area contributed by atoms with E-state index in [1.807, 2.05) is 18.5 Å². The molecule has 1 fully saturated rings. The van der Waals surface area contributed by atoms with Crippen molar-refractivity contribution in [1.82, 2.24) is 4.98 Å². The van der Waals surface area contributed by atoms with Gasteiger partial charge in [0.1, 0.15) is 0 Å². The zero-order chi connectivity index (χ0) is 13.2. The maximum atomic E-state index is 6.05. The Morgan fingerprint density at radius 2 is 2.26 bits per heavy atom. The van der Waals surface area contributed by atoms with Crippen LogP contribution in [0, 0.1) is 0 Å². The van der Waals surface area contributed by atoms with Crippen LogP contribution in [0.5, 0.6) is 0 Å². The van der Waals surface area contributed by atoms with Gasteiger partial charge in [-0.25, -0.2) is 0 Å². The molecular formula is C15H19N3S. The standard InChI is InChI=1S/C15H19N3S/c1-2-11-10-18(7-8-19-11)15-4-3-14(16)13-9-17-6-5-12(13)15/h3-6,9,11H,2,7-8,10,16H2,1H3. The molecule has 1 aliphatic heterocycles. The SMILES string of the molecule is CCC1CN(c2ccc(N)c3cnccc23)CCS1. The van der Waals surface area contributed by atoms with Crippen molar-refractivity contribution in [3.63, 3.8) is 0 Å². The molecule has 3 nitrogen and oxygen atoms in total. The van der Waals surface area contributed by atoms with Crippen molar-refractivity contribution in [2.45, 2.75) is 18.6 Å². The van der Waals surface area contributed by atoms with Crippen molar-refractivity contribution in [2.75, 3.05) is 29.5 Å². The van der Waals surface area contributed by atoms with Gasteiger partial charge in [-0.15, -0.1) is 0 Å². The average Bonchev–Trinajstić information content (AvgIpc) is 2.48. The summed E-state index contributed by atoms with van der Waals surface area (Å²) >= 11 is 2.09. The highest BCUT2D eigenvalue weighted by Crippen LogP contribution is 2.33. The largest absolute Gasteiger partial charge is 0.398 e. The normalized spacial score (nSPS) is 19.8. The highest BCUT2D eigenvalue weighted by Gasteiger charge is 2.20. The minimum Gasteiger partial charge on any atom is -0.398 e. The van der Waals surface area contributed by atoms with E-state index in [0.717, 1.165) is 29.4 Å². The van der Waals surface area contributed by atoms with Gasteiger partial charge in [-0.05, 0) is 24.6 Å². The second-order valence-corrected chi connectivity index (χ2v) is 6.35. The van der Waals surface area contributed by atoms with Gasteiger partial charge in [-0.2, -0.15) is 11.8 Å². The lowest BCUT2D eigenvalue weighted by molar-refractivity contribution is 0.730. The van der Waals surface area contributed by atoms with E-state index in [1.54, 1.807) is 0 Å². The predicted octanol–water partition coefficient (Wildman–Crippen LogP) is 3.15. The summed E-state index contributed by atoms with van der Waals surface area (Å²) in [5.74, 6) is 1.20. The molecule has 1 aliphatic rings. The van der Waals surface area contributed by atoms with Crippen molar-refractivity contribution < 1.29 is 0 Å². The lowest BCUT2D eigenvalue weighted by Crippen LogP contribution is -2.37. The Bertz CT molecular complexity index is 585. The molecule has 0 bridgehead atoms. The van der Waals surface area contributed by atoms with Gasteiger partial charge < -0.3 is 10.6 Å². The molecule has 4 heteroatoms. The van der Waals surface area contributed by atoms with E-state index in [1.165, 1.54) is 23.2 Å². The third-order valence-electron chi connectivity index (χ3n) is 3.76. The quantitative estimate of drug-likeness (QED) is 0.854. The van der Waals surface area contributed by atoms with Gasteiger partial charge in [-0.1, -0.05) is 6.92 Å². The molecule has 1 atom stereocenters. The Hall–Kier alpha value is -1.42. The van der Waals surface area contributed by atoms with Crippen LogP contribution in [0.3, 0.4) is 0 Å². The molecule has 0 radical (unpaired) electrons. The molecule has 1 unspecified atom stereocenters. The van der Waals surface area contributed by atoms with Gasteiger partial charge >= 0.3 is 0 Å². The fourth-order valence-electron chi connectivity index (χ4n) is 2.66. The Labute approximate surface area is 118 Å². The first kappa shape index (κ1) is 12.6. The van der Waals surface area contributed by atoms with Crippen LogP contribution in [-0.2, 0) is 0 Å². The molecule has 1 saturated heterocycles. The van der Waals surface area contributed by atoms with E-state index in [2.05, 4.69) is 40.7 Å². The van der Waals surface area contributed by atoms with Crippen molar-refractivity contribution in [3.8, 4) is 0 Å². The second kappa shape index (κ2) is 5.29. The van der Waals surface area contributed by atoms with Gasteiger partial charge in [0.25, 0.3) is 0 Å². The lowest BCUT2D eigenvalue weighted by atomic mass is 10.1. The molecule has 19 heavy (non-hydrogen) atoms. The van der Waals surface area contributed by atoms with Gasteiger partial charge in [0.05, 0.1) is 0 Å². The first-order chi connectivity index (χ1) is 9.29. The first-order valence-electron chi connectivity index (χ1n) is 6.78. The maximum absolute atomic E-state index is 6.05. The predicted molar refractivity (Wildman–Crippen MR) is 84.9 cm³/mol. The van der Waals surface area contributed by atoms with Crippen LogP contribution in [0.15, 0.2) is 30.6 Å². The Morgan fingerprint density at radius 3 is 3.11 bits per heavy atom. The monoisotopic (exact) mass is 273 g/mol. The molecule has 100 valence electrons. The van der Waals surface area contributed by atoms with Crippen molar-refractivity contribution in [3.05, 3.63) is 30.6 Å². The first-order valence-corrected chi connectivity index (χ1v) is 7.83. The number of benzene rings is 1. The van der Waals surface area contributed by atoms with E-state index in [9.17, 15) is 0 Å². The number of thioether (sulfide) groups is 1.